The molecule has 0 aliphatic rings. The molecule has 1 aromatic carbocycles. The number of rotatable bonds is 6. The molecule has 1 N–H and O–H groups in total. The average molecular weight is 292 g/mol. The molecule has 0 saturated heterocycles. The lowest BCUT2D eigenvalue weighted by atomic mass is 10.1. The van der Waals surface area contributed by atoms with Crippen LogP contribution in [0.5, 0.6) is 5.88 Å². The van der Waals surface area contributed by atoms with Crippen molar-refractivity contribution in [2.24, 2.45) is 0 Å². The van der Waals surface area contributed by atoms with E-state index in [0.29, 0.717) is 18.4 Å². The summed E-state index contributed by atoms with van der Waals surface area (Å²) in [4.78, 5) is 8.64. The minimum absolute atomic E-state index is 0.598. The topological polar surface area (TPSA) is 47.0 Å². The van der Waals surface area contributed by atoms with Crippen molar-refractivity contribution in [2.75, 3.05) is 18.5 Å². The smallest absolute Gasteiger partial charge is 0.226 e. The van der Waals surface area contributed by atoms with E-state index in [0.717, 1.165) is 23.7 Å². The van der Waals surface area contributed by atoms with Crippen LogP contribution >= 0.6 is 11.6 Å². The summed E-state index contributed by atoms with van der Waals surface area (Å²) in [7, 11) is 0. The van der Waals surface area contributed by atoms with Crippen LogP contribution in [0.2, 0.25) is 5.02 Å². The van der Waals surface area contributed by atoms with Crippen molar-refractivity contribution in [3.05, 3.63) is 46.6 Å². The molecule has 2 aromatic rings. The molecule has 2 rings (SSSR count). The highest BCUT2D eigenvalue weighted by atomic mass is 35.5. The van der Waals surface area contributed by atoms with Gasteiger partial charge in [0.05, 0.1) is 6.61 Å². The third-order valence-corrected chi connectivity index (χ3v) is 2.98. The van der Waals surface area contributed by atoms with Gasteiger partial charge in [-0.2, -0.15) is 4.98 Å². The molecular formula is C15H18ClN3O. The number of nitrogens with one attached hydrogen (secondary N) is 1. The zero-order chi connectivity index (χ0) is 14.4. The lowest BCUT2D eigenvalue weighted by Crippen LogP contribution is -2.09. The van der Waals surface area contributed by atoms with Crippen LogP contribution in [-0.2, 0) is 6.42 Å². The van der Waals surface area contributed by atoms with Gasteiger partial charge >= 0.3 is 0 Å². The zero-order valence-corrected chi connectivity index (χ0v) is 12.4. The van der Waals surface area contributed by atoms with Gasteiger partial charge in [0, 0.05) is 23.3 Å². The van der Waals surface area contributed by atoms with Crippen molar-refractivity contribution in [2.45, 2.75) is 20.3 Å². The Kier molecular flexibility index (Phi) is 5.18. The first-order valence-electron chi connectivity index (χ1n) is 6.64. The number of ether oxygens (including phenoxy) is 1. The molecule has 106 valence electrons. The Morgan fingerprint density at radius 2 is 1.95 bits per heavy atom. The Labute approximate surface area is 124 Å². The van der Waals surface area contributed by atoms with Gasteiger partial charge in [0.2, 0.25) is 11.8 Å². The summed E-state index contributed by atoms with van der Waals surface area (Å²) in [6.45, 7) is 5.22. The van der Waals surface area contributed by atoms with Crippen molar-refractivity contribution in [1.29, 1.82) is 0 Å². The minimum Gasteiger partial charge on any atom is -0.478 e. The maximum absolute atomic E-state index is 5.86. The fourth-order valence-electron chi connectivity index (χ4n) is 1.81. The Bertz CT molecular complexity index is 558. The molecule has 1 aromatic heterocycles. The van der Waals surface area contributed by atoms with E-state index in [9.17, 15) is 0 Å². The molecule has 0 aliphatic carbocycles. The van der Waals surface area contributed by atoms with E-state index in [2.05, 4.69) is 15.3 Å². The fourth-order valence-corrected chi connectivity index (χ4v) is 1.94. The summed E-state index contributed by atoms with van der Waals surface area (Å²) in [6.07, 6.45) is 0.887. The normalized spacial score (nSPS) is 10.3. The molecule has 0 saturated carbocycles. The molecule has 0 spiro atoms. The van der Waals surface area contributed by atoms with Crippen molar-refractivity contribution in [3.8, 4) is 5.88 Å². The Morgan fingerprint density at radius 3 is 2.65 bits per heavy atom. The number of nitrogens with zero attached hydrogens (tertiary/aromatic N) is 2. The predicted molar refractivity (Wildman–Crippen MR) is 81.6 cm³/mol. The van der Waals surface area contributed by atoms with Gasteiger partial charge < -0.3 is 10.1 Å². The maximum atomic E-state index is 5.86. The SMILES string of the molecule is CCOc1cc(C)nc(NCCc2ccc(Cl)cc2)n1. The predicted octanol–water partition coefficient (Wildman–Crippen LogP) is 3.49. The van der Waals surface area contributed by atoms with E-state index < -0.39 is 0 Å². The van der Waals surface area contributed by atoms with E-state index >= 15 is 0 Å². The van der Waals surface area contributed by atoms with Gasteiger partial charge in [0.1, 0.15) is 0 Å². The largest absolute Gasteiger partial charge is 0.478 e. The van der Waals surface area contributed by atoms with Crippen molar-refractivity contribution < 1.29 is 4.74 Å². The first kappa shape index (κ1) is 14.6. The third-order valence-electron chi connectivity index (χ3n) is 2.73. The van der Waals surface area contributed by atoms with Crippen molar-refractivity contribution in [3.63, 3.8) is 0 Å². The van der Waals surface area contributed by atoms with E-state index in [1.54, 1.807) is 0 Å². The average Bonchev–Trinajstić information content (AvgIpc) is 2.41. The van der Waals surface area contributed by atoms with Crippen LogP contribution in [0, 0.1) is 6.92 Å². The summed E-state index contributed by atoms with van der Waals surface area (Å²) in [5, 5.41) is 3.97. The number of anilines is 1. The van der Waals surface area contributed by atoms with Gasteiger partial charge in [-0.25, -0.2) is 4.98 Å². The number of aryl methyl sites for hydroxylation is 1. The highest BCUT2D eigenvalue weighted by molar-refractivity contribution is 6.30. The number of aromatic nitrogens is 2. The van der Waals surface area contributed by atoms with Crippen LogP contribution in [0.15, 0.2) is 30.3 Å². The second-order valence-corrected chi connectivity index (χ2v) is 4.84. The molecule has 0 radical (unpaired) electrons. The third kappa shape index (κ3) is 4.38. The van der Waals surface area contributed by atoms with Crippen LogP contribution in [0.3, 0.4) is 0 Å². The zero-order valence-electron chi connectivity index (χ0n) is 11.7. The van der Waals surface area contributed by atoms with Crippen LogP contribution in [0.1, 0.15) is 18.2 Å². The molecule has 0 unspecified atom stereocenters. The summed E-state index contributed by atoms with van der Waals surface area (Å²) >= 11 is 5.86. The van der Waals surface area contributed by atoms with Gasteiger partial charge in [-0.1, -0.05) is 23.7 Å². The summed E-state index contributed by atoms with van der Waals surface area (Å²) in [5.41, 5.74) is 2.11. The number of hydrogen-bond acceptors (Lipinski definition) is 4. The van der Waals surface area contributed by atoms with Crippen LogP contribution in [0.4, 0.5) is 5.95 Å². The minimum atomic E-state index is 0.598. The molecular weight excluding hydrogens is 274 g/mol. The van der Waals surface area contributed by atoms with Gasteiger partial charge in [0.15, 0.2) is 0 Å². The van der Waals surface area contributed by atoms with Crippen LogP contribution in [-0.4, -0.2) is 23.1 Å². The number of benzene rings is 1. The van der Waals surface area contributed by atoms with E-state index in [1.807, 2.05) is 44.2 Å². The number of halogens is 1. The summed E-state index contributed by atoms with van der Waals surface area (Å²) in [5.74, 6) is 1.21. The maximum Gasteiger partial charge on any atom is 0.226 e. The lowest BCUT2D eigenvalue weighted by Gasteiger charge is -2.08. The summed E-state index contributed by atoms with van der Waals surface area (Å²) < 4.78 is 5.40. The monoisotopic (exact) mass is 291 g/mol. The standard InChI is InChI=1S/C15H18ClN3O/c1-3-20-14-10-11(2)18-15(19-14)17-9-8-12-4-6-13(16)7-5-12/h4-7,10H,3,8-9H2,1-2H3,(H,17,18,19). The molecule has 20 heavy (non-hydrogen) atoms. The quantitative estimate of drug-likeness (QED) is 0.885. The Morgan fingerprint density at radius 1 is 1.20 bits per heavy atom. The Hall–Kier alpha value is -1.81. The van der Waals surface area contributed by atoms with Crippen molar-refractivity contribution in [1.82, 2.24) is 9.97 Å². The van der Waals surface area contributed by atoms with Gasteiger partial charge in [-0.3, -0.25) is 0 Å². The fraction of sp³-hybridized carbons (Fsp3) is 0.333. The first-order valence-corrected chi connectivity index (χ1v) is 7.02. The van der Waals surface area contributed by atoms with E-state index in [-0.39, 0.29) is 0 Å². The number of hydrogen-bond donors (Lipinski definition) is 1. The van der Waals surface area contributed by atoms with Gasteiger partial charge in [-0.05, 0) is 38.0 Å². The molecule has 0 amide bonds. The molecule has 5 heteroatoms. The highest BCUT2D eigenvalue weighted by Crippen LogP contribution is 2.13. The second kappa shape index (κ2) is 7.10. The van der Waals surface area contributed by atoms with Crippen LogP contribution in [0.25, 0.3) is 0 Å². The first-order chi connectivity index (χ1) is 9.67. The highest BCUT2D eigenvalue weighted by Gasteiger charge is 2.02. The lowest BCUT2D eigenvalue weighted by molar-refractivity contribution is 0.326. The molecule has 0 fully saturated rings. The summed E-state index contributed by atoms with van der Waals surface area (Å²) in [6, 6.07) is 9.66. The van der Waals surface area contributed by atoms with Gasteiger partial charge in [-0.15, -0.1) is 0 Å². The molecule has 1 heterocycles. The van der Waals surface area contributed by atoms with Crippen molar-refractivity contribution >= 4 is 17.5 Å². The Balaban J connectivity index is 1.91. The molecule has 4 nitrogen and oxygen atoms in total. The van der Waals surface area contributed by atoms with E-state index in [1.165, 1.54) is 5.56 Å². The molecule has 0 aliphatic heterocycles. The molecule has 0 bridgehead atoms. The van der Waals surface area contributed by atoms with E-state index in [4.69, 9.17) is 16.3 Å². The van der Waals surface area contributed by atoms with Crippen LogP contribution < -0.4 is 10.1 Å². The van der Waals surface area contributed by atoms with Gasteiger partial charge in [0.25, 0.3) is 0 Å². The second-order valence-electron chi connectivity index (χ2n) is 4.41. The molecule has 0 atom stereocenters.